The minimum absolute atomic E-state index is 0.132. The number of benzene rings is 1. The third-order valence-corrected chi connectivity index (χ3v) is 2.54. The number of methoxy groups -OCH3 is 2. The first-order valence-corrected chi connectivity index (χ1v) is 5.57. The topological polar surface area (TPSA) is 47.6 Å². The summed E-state index contributed by atoms with van der Waals surface area (Å²) in [7, 11) is 2.99. The van der Waals surface area contributed by atoms with Crippen molar-refractivity contribution in [2.24, 2.45) is 5.92 Å². The molecule has 94 valence electrons. The Bertz CT molecular complexity index is 377. The van der Waals surface area contributed by atoms with E-state index in [9.17, 15) is 4.79 Å². The number of carbonyl (C=O) groups is 1. The van der Waals surface area contributed by atoms with Gasteiger partial charge in [-0.3, -0.25) is 0 Å². The Balaban J connectivity index is 2.89. The molecule has 1 aromatic rings. The first kappa shape index (κ1) is 13.4. The van der Waals surface area contributed by atoms with Crippen molar-refractivity contribution in [3.8, 4) is 5.75 Å². The van der Waals surface area contributed by atoms with Gasteiger partial charge >= 0.3 is 5.97 Å². The van der Waals surface area contributed by atoms with E-state index < -0.39 is 0 Å². The molecule has 4 nitrogen and oxygen atoms in total. The van der Waals surface area contributed by atoms with Crippen molar-refractivity contribution in [1.29, 1.82) is 0 Å². The van der Waals surface area contributed by atoms with E-state index in [2.05, 4.69) is 5.32 Å². The summed E-state index contributed by atoms with van der Waals surface area (Å²) in [6.07, 6.45) is 0. The number of esters is 1. The van der Waals surface area contributed by atoms with Crippen LogP contribution >= 0.6 is 0 Å². The van der Waals surface area contributed by atoms with Gasteiger partial charge in [-0.1, -0.05) is 26.0 Å². The SMILES string of the molecule is COC(=O)C(Nc1ccccc1OC)C(C)C. The van der Waals surface area contributed by atoms with Crippen LogP contribution < -0.4 is 10.1 Å². The lowest BCUT2D eigenvalue weighted by Crippen LogP contribution is -2.35. The van der Waals surface area contributed by atoms with Gasteiger partial charge in [0.2, 0.25) is 0 Å². The maximum atomic E-state index is 11.6. The Morgan fingerprint density at radius 2 is 1.88 bits per heavy atom. The van der Waals surface area contributed by atoms with Crippen molar-refractivity contribution in [2.45, 2.75) is 19.9 Å². The van der Waals surface area contributed by atoms with Crippen molar-refractivity contribution in [2.75, 3.05) is 19.5 Å². The molecule has 0 aromatic heterocycles. The average molecular weight is 237 g/mol. The highest BCUT2D eigenvalue weighted by Crippen LogP contribution is 2.25. The highest BCUT2D eigenvalue weighted by atomic mass is 16.5. The van der Waals surface area contributed by atoms with Crippen LogP contribution in [0.1, 0.15) is 13.8 Å². The molecule has 0 aliphatic rings. The van der Waals surface area contributed by atoms with Crippen molar-refractivity contribution >= 4 is 11.7 Å². The first-order chi connectivity index (χ1) is 8.10. The second kappa shape index (κ2) is 6.13. The van der Waals surface area contributed by atoms with Crippen LogP contribution in [0.5, 0.6) is 5.75 Å². The molecule has 0 bridgehead atoms. The summed E-state index contributed by atoms with van der Waals surface area (Å²) in [5.74, 6) is 0.570. The van der Waals surface area contributed by atoms with E-state index in [1.807, 2.05) is 38.1 Å². The van der Waals surface area contributed by atoms with E-state index in [1.165, 1.54) is 7.11 Å². The molecular weight excluding hydrogens is 218 g/mol. The van der Waals surface area contributed by atoms with Gasteiger partial charge in [0.15, 0.2) is 0 Å². The number of rotatable bonds is 5. The summed E-state index contributed by atoms with van der Waals surface area (Å²) < 4.78 is 10.0. The Hall–Kier alpha value is -1.71. The molecule has 1 N–H and O–H groups in total. The highest BCUT2D eigenvalue weighted by molar-refractivity contribution is 5.80. The number of carbonyl (C=O) groups excluding carboxylic acids is 1. The number of para-hydroxylation sites is 2. The van der Waals surface area contributed by atoms with E-state index >= 15 is 0 Å². The fraction of sp³-hybridized carbons (Fsp3) is 0.462. The summed E-state index contributed by atoms with van der Waals surface area (Å²) in [5, 5.41) is 3.15. The molecule has 0 aliphatic heterocycles. The molecular formula is C13H19NO3. The molecule has 0 fully saturated rings. The number of ether oxygens (including phenoxy) is 2. The van der Waals surface area contributed by atoms with Crippen LogP contribution in [-0.2, 0) is 9.53 Å². The van der Waals surface area contributed by atoms with Crippen LogP contribution in [-0.4, -0.2) is 26.2 Å². The van der Waals surface area contributed by atoms with Crippen LogP contribution in [0.3, 0.4) is 0 Å². The first-order valence-electron chi connectivity index (χ1n) is 5.57. The van der Waals surface area contributed by atoms with Crippen LogP contribution in [0.15, 0.2) is 24.3 Å². The van der Waals surface area contributed by atoms with Crippen LogP contribution in [0.2, 0.25) is 0 Å². The van der Waals surface area contributed by atoms with E-state index in [-0.39, 0.29) is 17.9 Å². The molecule has 4 heteroatoms. The van der Waals surface area contributed by atoms with Crippen molar-refractivity contribution in [1.82, 2.24) is 0 Å². The van der Waals surface area contributed by atoms with E-state index in [0.717, 1.165) is 5.69 Å². The third-order valence-electron chi connectivity index (χ3n) is 2.54. The predicted molar refractivity (Wildman–Crippen MR) is 67.3 cm³/mol. The average Bonchev–Trinajstić information content (AvgIpc) is 2.35. The van der Waals surface area contributed by atoms with Gasteiger partial charge in [-0.15, -0.1) is 0 Å². The standard InChI is InChI=1S/C13H19NO3/c1-9(2)12(13(15)17-4)14-10-7-5-6-8-11(10)16-3/h5-9,12,14H,1-4H3. The van der Waals surface area contributed by atoms with E-state index in [1.54, 1.807) is 7.11 Å². The van der Waals surface area contributed by atoms with Gasteiger partial charge in [-0.2, -0.15) is 0 Å². The fourth-order valence-electron chi connectivity index (χ4n) is 1.56. The third kappa shape index (κ3) is 3.37. The fourth-order valence-corrected chi connectivity index (χ4v) is 1.56. The predicted octanol–water partition coefficient (Wildman–Crippen LogP) is 2.30. The quantitative estimate of drug-likeness (QED) is 0.798. The van der Waals surface area contributed by atoms with Gasteiger partial charge in [-0.05, 0) is 18.1 Å². The molecule has 1 rings (SSSR count). The van der Waals surface area contributed by atoms with Gasteiger partial charge in [-0.25, -0.2) is 4.79 Å². The molecule has 0 aliphatic carbocycles. The summed E-state index contributed by atoms with van der Waals surface area (Å²) in [6, 6.07) is 7.11. The van der Waals surface area contributed by atoms with Gasteiger partial charge in [0.1, 0.15) is 11.8 Å². The smallest absolute Gasteiger partial charge is 0.328 e. The van der Waals surface area contributed by atoms with Crippen molar-refractivity contribution < 1.29 is 14.3 Å². The zero-order chi connectivity index (χ0) is 12.8. The molecule has 1 atom stereocenters. The van der Waals surface area contributed by atoms with Gasteiger partial charge in [0.25, 0.3) is 0 Å². The van der Waals surface area contributed by atoms with Crippen molar-refractivity contribution in [3.05, 3.63) is 24.3 Å². The summed E-state index contributed by atoms with van der Waals surface area (Å²) in [4.78, 5) is 11.6. The van der Waals surface area contributed by atoms with E-state index in [4.69, 9.17) is 9.47 Å². The summed E-state index contributed by atoms with van der Waals surface area (Å²) >= 11 is 0. The molecule has 1 unspecified atom stereocenters. The monoisotopic (exact) mass is 237 g/mol. The lowest BCUT2D eigenvalue weighted by Gasteiger charge is -2.22. The van der Waals surface area contributed by atoms with Gasteiger partial charge in [0, 0.05) is 0 Å². The molecule has 0 heterocycles. The molecule has 0 amide bonds. The second-order valence-electron chi connectivity index (χ2n) is 4.09. The molecule has 0 saturated carbocycles. The Morgan fingerprint density at radius 1 is 1.24 bits per heavy atom. The molecule has 0 spiro atoms. The number of anilines is 1. The highest BCUT2D eigenvalue weighted by Gasteiger charge is 2.23. The molecule has 17 heavy (non-hydrogen) atoms. The largest absolute Gasteiger partial charge is 0.495 e. The Morgan fingerprint density at radius 3 is 2.41 bits per heavy atom. The van der Waals surface area contributed by atoms with Gasteiger partial charge in [0.05, 0.1) is 19.9 Å². The maximum Gasteiger partial charge on any atom is 0.328 e. The normalized spacial score (nSPS) is 12.1. The molecule has 0 radical (unpaired) electrons. The number of hydrogen-bond acceptors (Lipinski definition) is 4. The maximum absolute atomic E-state index is 11.6. The zero-order valence-corrected chi connectivity index (χ0v) is 10.7. The molecule has 0 saturated heterocycles. The minimum Gasteiger partial charge on any atom is -0.495 e. The number of nitrogens with one attached hydrogen (secondary N) is 1. The lowest BCUT2D eigenvalue weighted by atomic mass is 10.0. The minimum atomic E-state index is -0.378. The second-order valence-corrected chi connectivity index (χ2v) is 4.09. The Kier molecular flexibility index (Phi) is 4.82. The van der Waals surface area contributed by atoms with E-state index in [0.29, 0.717) is 5.75 Å². The summed E-state index contributed by atoms with van der Waals surface area (Å²) in [6.45, 7) is 3.92. The summed E-state index contributed by atoms with van der Waals surface area (Å²) in [5.41, 5.74) is 0.791. The van der Waals surface area contributed by atoms with Crippen LogP contribution in [0, 0.1) is 5.92 Å². The zero-order valence-electron chi connectivity index (χ0n) is 10.7. The lowest BCUT2D eigenvalue weighted by molar-refractivity contribution is -0.142. The Labute approximate surface area is 102 Å². The van der Waals surface area contributed by atoms with Crippen LogP contribution in [0.4, 0.5) is 5.69 Å². The molecule has 1 aromatic carbocycles. The van der Waals surface area contributed by atoms with Crippen molar-refractivity contribution in [3.63, 3.8) is 0 Å². The van der Waals surface area contributed by atoms with Gasteiger partial charge < -0.3 is 14.8 Å². The number of hydrogen-bond donors (Lipinski definition) is 1. The van der Waals surface area contributed by atoms with Crippen LogP contribution in [0.25, 0.3) is 0 Å².